The van der Waals surface area contributed by atoms with E-state index in [1.54, 1.807) is 0 Å². The predicted molar refractivity (Wildman–Crippen MR) is 93.9 cm³/mol. The van der Waals surface area contributed by atoms with E-state index in [1.165, 1.54) is 44.6 Å². The van der Waals surface area contributed by atoms with E-state index in [4.69, 9.17) is 4.74 Å². The van der Waals surface area contributed by atoms with Crippen molar-refractivity contribution in [2.45, 2.75) is 26.2 Å². The summed E-state index contributed by atoms with van der Waals surface area (Å²) >= 11 is 1.84. The lowest BCUT2D eigenvalue weighted by atomic mass is 9.94. The van der Waals surface area contributed by atoms with E-state index in [9.17, 15) is 4.79 Å². The minimum atomic E-state index is -0.136. The number of aromatic amines is 1. The van der Waals surface area contributed by atoms with Crippen LogP contribution in [0.15, 0.2) is 30.3 Å². The third kappa shape index (κ3) is 2.38. The van der Waals surface area contributed by atoms with Crippen LogP contribution in [-0.2, 0) is 28.8 Å². The van der Waals surface area contributed by atoms with Crippen molar-refractivity contribution < 1.29 is 9.53 Å². The molecule has 3 aromatic rings. The fourth-order valence-electron chi connectivity index (χ4n) is 3.50. The van der Waals surface area contributed by atoms with Crippen molar-refractivity contribution >= 4 is 28.2 Å². The van der Waals surface area contributed by atoms with E-state index in [-0.39, 0.29) is 11.9 Å². The molecule has 3 nitrogen and oxygen atoms in total. The van der Waals surface area contributed by atoms with Gasteiger partial charge in [0.25, 0.3) is 0 Å². The number of rotatable bonds is 3. The number of methoxy groups -OCH3 is 1. The minimum absolute atomic E-state index is 0.0951. The maximum atomic E-state index is 11.7. The topological polar surface area (TPSA) is 42.1 Å². The molecule has 1 aliphatic carbocycles. The molecular weight excluding hydrogens is 306 g/mol. The van der Waals surface area contributed by atoms with Crippen molar-refractivity contribution in [3.8, 4) is 11.3 Å². The first-order valence-electron chi connectivity index (χ1n) is 7.96. The molecule has 4 rings (SSSR count). The van der Waals surface area contributed by atoms with E-state index in [2.05, 4.69) is 35.3 Å². The number of carbonyl (C=O) groups excluding carboxylic acids is 1. The Kier molecular flexibility index (Phi) is 3.49. The van der Waals surface area contributed by atoms with Crippen LogP contribution < -0.4 is 0 Å². The summed E-state index contributed by atoms with van der Waals surface area (Å²) in [5.41, 5.74) is 5.22. The highest BCUT2D eigenvalue weighted by molar-refractivity contribution is 7.12. The summed E-state index contributed by atoms with van der Waals surface area (Å²) in [5.74, 6) is -0.232. The van der Waals surface area contributed by atoms with E-state index in [0.717, 1.165) is 19.3 Å². The molecule has 1 atom stereocenters. The van der Waals surface area contributed by atoms with Crippen LogP contribution in [-0.4, -0.2) is 18.1 Å². The van der Waals surface area contributed by atoms with Gasteiger partial charge in [-0.05, 0) is 37.0 Å². The number of aromatic nitrogens is 1. The molecule has 0 bridgehead atoms. The van der Waals surface area contributed by atoms with Gasteiger partial charge in [-0.2, -0.15) is 0 Å². The van der Waals surface area contributed by atoms with Gasteiger partial charge in [0, 0.05) is 26.2 Å². The summed E-state index contributed by atoms with van der Waals surface area (Å²) in [7, 11) is 1.45. The van der Waals surface area contributed by atoms with E-state index in [0.29, 0.717) is 0 Å². The second kappa shape index (κ2) is 5.53. The Balaban J connectivity index is 1.73. The molecule has 0 fully saturated rings. The van der Waals surface area contributed by atoms with Gasteiger partial charge >= 0.3 is 5.97 Å². The number of carbonyl (C=O) groups is 1. The molecule has 1 unspecified atom stereocenters. The Bertz CT molecular complexity index is 890. The molecule has 0 aliphatic heterocycles. The molecule has 1 aliphatic rings. The summed E-state index contributed by atoms with van der Waals surface area (Å²) in [4.78, 5) is 17.9. The number of nitrogens with one attached hydrogen (secondary N) is 1. The van der Waals surface area contributed by atoms with Gasteiger partial charge < -0.3 is 9.72 Å². The molecule has 23 heavy (non-hydrogen) atoms. The molecule has 2 aromatic heterocycles. The summed E-state index contributed by atoms with van der Waals surface area (Å²) in [5, 5.41) is 1.34. The lowest BCUT2D eigenvalue weighted by molar-refractivity contribution is -0.144. The van der Waals surface area contributed by atoms with Crippen molar-refractivity contribution in [2.75, 3.05) is 7.11 Å². The summed E-state index contributed by atoms with van der Waals surface area (Å²) in [6.45, 7) is 1.93. The van der Waals surface area contributed by atoms with Crippen LogP contribution in [0.4, 0.5) is 0 Å². The largest absolute Gasteiger partial charge is 0.469 e. The number of ether oxygens (including phenoxy) is 1. The average molecular weight is 325 g/mol. The van der Waals surface area contributed by atoms with Crippen molar-refractivity contribution in [1.82, 2.24) is 4.98 Å². The maximum absolute atomic E-state index is 11.7. The second-order valence-electron chi connectivity index (χ2n) is 6.20. The molecule has 1 N–H and O–H groups in total. The monoisotopic (exact) mass is 325 g/mol. The first-order valence-corrected chi connectivity index (χ1v) is 8.78. The zero-order chi connectivity index (χ0) is 16.0. The van der Waals surface area contributed by atoms with Crippen molar-refractivity contribution in [2.24, 2.45) is 5.92 Å². The number of hydrogen-bond acceptors (Lipinski definition) is 3. The number of H-pyrrole nitrogens is 1. The third-order valence-electron chi connectivity index (χ3n) is 4.66. The van der Waals surface area contributed by atoms with Crippen LogP contribution in [0.1, 0.15) is 22.2 Å². The molecule has 118 valence electrons. The minimum Gasteiger partial charge on any atom is -0.469 e. The zero-order valence-corrected chi connectivity index (χ0v) is 14.1. The van der Waals surface area contributed by atoms with Gasteiger partial charge in [0.1, 0.15) is 0 Å². The van der Waals surface area contributed by atoms with Gasteiger partial charge in [-0.15, -0.1) is 11.3 Å². The van der Waals surface area contributed by atoms with Gasteiger partial charge in [-0.1, -0.05) is 25.1 Å². The smallest absolute Gasteiger partial charge is 0.308 e. The summed E-state index contributed by atoms with van der Waals surface area (Å²) in [6.07, 6.45) is 2.92. The fourth-order valence-corrected chi connectivity index (χ4v) is 4.80. The Labute approximate surface area is 139 Å². The molecule has 2 heterocycles. The number of thiophene rings is 1. The van der Waals surface area contributed by atoms with Crippen LogP contribution in [0.2, 0.25) is 0 Å². The fraction of sp³-hybridized carbons (Fsp3) is 0.316. The van der Waals surface area contributed by atoms with Gasteiger partial charge in [0.05, 0.1) is 18.7 Å². The predicted octanol–water partition coefficient (Wildman–Crippen LogP) is 4.35. The Morgan fingerprint density at radius 2 is 2.17 bits per heavy atom. The normalized spacial score (nSPS) is 14.3. The molecule has 1 aromatic carbocycles. The Morgan fingerprint density at radius 3 is 3.00 bits per heavy atom. The lowest BCUT2D eigenvalue weighted by Crippen LogP contribution is -2.14. The zero-order valence-electron chi connectivity index (χ0n) is 13.3. The van der Waals surface area contributed by atoms with E-state index >= 15 is 0 Å². The quantitative estimate of drug-likeness (QED) is 0.728. The Hall–Kier alpha value is -2.07. The van der Waals surface area contributed by atoms with Crippen LogP contribution in [0.3, 0.4) is 0 Å². The Morgan fingerprint density at radius 1 is 1.35 bits per heavy atom. The molecule has 4 heteroatoms. The molecule has 0 amide bonds. The number of esters is 1. The molecular formula is C19H19NO2S. The molecule has 0 saturated carbocycles. The lowest BCUT2D eigenvalue weighted by Gasteiger charge is -2.11. The maximum Gasteiger partial charge on any atom is 0.308 e. The first kappa shape index (κ1) is 14.5. The number of fused-ring (bicyclic) bond motifs is 5. The average Bonchev–Trinajstić information content (AvgIpc) is 3.14. The number of para-hydroxylation sites is 1. The number of benzene rings is 1. The second-order valence-corrected chi connectivity index (χ2v) is 7.42. The van der Waals surface area contributed by atoms with E-state index < -0.39 is 0 Å². The van der Waals surface area contributed by atoms with Crippen LogP contribution >= 0.6 is 11.3 Å². The SMILES string of the molecule is COC(=O)C(C)Cc1cc2c(s1)CCc1c-2[nH]c2ccccc12. The summed E-state index contributed by atoms with van der Waals surface area (Å²) in [6, 6.07) is 10.8. The van der Waals surface area contributed by atoms with Gasteiger partial charge in [0.15, 0.2) is 0 Å². The highest BCUT2D eigenvalue weighted by atomic mass is 32.1. The first-order chi connectivity index (χ1) is 11.2. The van der Waals surface area contributed by atoms with Crippen molar-refractivity contribution in [1.29, 1.82) is 0 Å². The summed E-state index contributed by atoms with van der Waals surface area (Å²) < 4.78 is 4.84. The highest BCUT2D eigenvalue weighted by Crippen LogP contribution is 2.41. The van der Waals surface area contributed by atoms with Crippen molar-refractivity contribution in [3.05, 3.63) is 45.6 Å². The number of aryl methyl sites for hydroxylation is 2. The molecule has 0 spiro atoms. The molecule has 0 radical (unpaired) electrons. The van der Waals surface area contributed by atoms with Crippen LogP contribution in [0.5, 0.6) is 0 Å². The van der Waals surface area contributed by atoms with Gasteiger partial charge in [-0.3, -0.25) is 4.79 Å². The van der Waals surface area contributed by atoms with Gasteiger partial charge in [-0.25, -0.2) is 0 Å². The van der Waals surface area contributed by atoms with E-state index in [1.807, 2.05) is 18.3 Å². The molecule has 0 saturated heterocycles. The standard InChI is InChI=1S/C19H19NO2S/c1-11(19(21)22-2)9-12-10-15-17(23-12)8-7-14-13-5-3-4-6-16(13)20-18(14)15/h3-6,10-11,20H,7-9H2,1-2H3. The highest BCUT2D eigenvalue weighted by Gasteiger charge is 2.24. The van der Waals surface area contributed by atoms with Crippen LogP contribution in [0, 0.1) is 5.92 Å². The number of hydrogen-bond donors (Lipinski definition) is 1. The van der Waals surface area contributed by atoms with Gasteiger partial charge in [0.2, 0.25) is 0 Å². The third-order valence-corrected chi connectivity index (χ3v) is 5.87. The van der Waals surface area contributed by atoms with Crippen molar-refractivity contribution in [3.63, 3.8) is 0 Å². The van der Waals surface area contributed by atoms with Crippen LogP contribution in [0.25, 0.3) is 22.2 Å².